The van der Waals surface area contributed by atoms with Gasteiger partial charge in [-0.05, 0) is 36.5 Å². The molecule has 0 saturated heterocycles. The highest BCUT2D eigenvalue weighted by Gasteiger charge is 2.28. The van der Waals surface area contributed by atoms with E-state index in [2.05, 4.69) is 13.8 Å². The monoisotopic (exact) mass is 461 g/mol. The van der Waals surface area contributed by atoms with Crippen molar-refractivity contribution in [3.05, 3.63) is 0 Å². The van der Waals surface area contributed by atoms with Gasteiger partial charge in [-0.15, -0.1) is 0 Å². The summed E-state index contributed by atoms with van der Waals surface area (Å²) in [5.74, 6) is 1.98. The normalized spacial score (nSPS) is 30.9. The van der Waals surface area contributed by atoms with Gasteiger partial charge in [0.1, 0.15) is 0 Å². The molecule has 0 aromatic heterocycles. The van der Waals surface area contributed by atoms with E-state index in [9.17, 15) is 0 Å². The highest BCUT2D eigenvalue weighted by Crippen LogP contribution is 2.41. The van der Waals surface area contributed by atoms with Gasteiger partial charge >= 0.3 is 0 Å². The van der Waals surface area contributed by atoms with Crippen molar-refractivity contribution < 1.29 is 0 Å². The predicted octanol–water partition coefficient (Wildman–Crippen LogP) is 12.2. The molecule has 0 N–H and O–H groups in total. The molecule has 0 spiro atoms. The summed E-state index contributed by atoms with van der Waals surface area (Å²) < 4.78 is 0. The lowest BCUT2D eigenvalue weighted by molar-refractivity contribution is 0.168. The van der Waals surface area contributed by atoms with E-state index >= 15 is 0 Å². The van der Waals surface area contributed by atoms with Crippen molar-refractivity contribution in [2.24, 2.45) is 17.3 Å². The van der Waals surface area contributed by atoms with Crippen molar-refractivity contribution in [2.45, 2.75) is 194 Å². The Balaban J connectivity index is 1.81. The van der Waals surface area contributed by atoms with E-state index in [4.69, 9.17) is 0 Å². The topological polar surface area (TPSA) is 0 Å². The third-order valence-electron chi connectivity index (χ3n) is 9.46. The Bertz CT molecular complexity index is 406. The Kier molecular flexibility index (Phi) is 17.0. The fourth-order valence-corrected chi connectivity index (χ4v) is 7.14. The number of hydrogen-bond acceptors (Lipinski definition) is 0. The van der Waals surface area contributed by atoms with E-state index in [0.29, 0.717) is 5.41 Å². The molecular formula is C33H64. The Morgan fingerprint density at radius 2 is 0.758 bits per heavy atom. The van der Waals surface area contributed by atoms with Crippen molar-refractivity contribution in [1.29, 1.82) is 0 Å². The molecule has 2 unspecified atom stereocenters. The first kappa shape index (κ1) is 29.2. The summed E-state index contributed by atoms with van der Waals surface area (Å²) >= 11 is 0. The zero-order valence-electron chi connectivity index (χ0n) is 23.5. The van der Waals surface area contributed by atoms with Crippen LogP contribution in [0.5, 0.6) is 0 Å². The first-order chi connectivity index (χ1) is 16.2. The lowest BCUT2D eigenvalue weighted by atomic mass is 9.70. The maximum atomic E-state index is 2.69. The van der Waals surface area contributed by atoms with Gasteiger partial charge in [0.25, 0.3) is 0 Å². The third-order valence-corrected chi connectivity index (χ3v) is 9.46. The summed E-state index contributed by atoms with van der Waals surface area (Å²) in [5.41, 5.74) is 0.634. The van der Waals surface area contributed by atoms with Crippen LogP contribution in [0.2, 0.25) is 0 Å². The Morgan fingerprint density at radius 1 is 0.424 bits per heavy atom. The van der Waals surface area contributed by atoms with Crippen LogP contribution in [0, 0.1) is 17.3 Å². The summed E-state index contributed by atoms with van der Waals surface area (Å²) in [6.45, 7) is 5.20. The van der Waals surface area contributed by atoms with Crippen molar-refractivity contribution in [3.63, 3.8) is 0 Å². The summed E-state index contributed by atoms with van der Waals surface area (Å²) in [4.78, 5) is 0. The van der Waals surface area contributed by atoms with Gasteiger partial charge in [0, 0.05) is 0 Å². The van der Waals surface area contributed by atoms with E-state index < -0.39 is 0 Å². The van der Waals surface area contributed by atoms with Crippen LogP contribution in [0.4, 0.5) is 0 Å². The molecule has 2 atom stereocenters. The standard InChI is InChI=1S/C33H64/c1-31-24-19-18-22-28-33(2,29-23-25-31)30-32-26-20-16-14-12-10-8-6-4-3-5-7-9-11-13-15-17-21-27-32/h31-32H,3-30H2,1-2H3. The fraction of sp³-hybridized carbons (Fsp3) is 1.00. The van der Waals surface area contributed by atoms with Gasteiger partial charge in [-0.25, -0.2) is 0 Å². The van der Waals surface area contributed by atoms with Gasteiger partial charge in [-0.3, -0.25) is 0 Å². The molecule has 0 aromatic carbocycles. The summed E-state index contributed by atoms with van der Waals surface area (Å²) in [6.07, 6.45) is 42.1. The van der Waals surface area contributed by atoms with Crippen LogP contribution in [-0.4, -0.2) is 0 Å². The molecule has 0 aliphatic heterocycles. The molecule has 0 bridgehead atoms. The summed E-state index contributed by atoms with van der Waals surface area (Å²) in [7, 11) is 0. The minimum absolute atomic E-state index is 0.634. The van der Waals surface area contributed by atoms with Gasteiger partial charge in [0.2, 0.25) is 0 Å². The lowest BCUT2D eigenvalue weighted by Gasteiger charge is -2.35. The van der Waals surface area contributed by atoms with E-state index in [0.717, 1.165) is 11.8 Å². The fourth-order valence-electron chi connectivity index (χ4n) is 7.14. The lowest BCUT2D eigenvalue weighted by Crippen LogP contribution is -2.22. The first-order valence-electron chi connectivity index (χ1n) is 16.2. The van der Waals surface area contributed by atoms with Crippen LogP contribution in [0.3, 0.4) is 0 Å². The van der Waals surface area contributed by atoms with Gasteiger partial charge in [-0.1, -0.05) is 174 Å². The molecule has 0 nitrogen and oxygen atoms in total. The molecule has 2 fully saturated rings. The second-order valence-corrected chi connectivity index (χ2v) is 13.1. The van der Waals surface area contributed by atoms with E-state index in [1.807, 2.05) is 0 Å². The molecule has 2 saturated carbocycles. The molecule has 0 amide bonds. The van der Waals surface area contributed by atoms with Crippen molar-refractivity contribution >= 4 is 0 Å². The van der Waals surface area contributed by atoms with Crippen LogP contribution >= 0.6 is 0 Å². The van der Waals surface area contributed by atoms with Crippen molar-refractivity contribution in [2.75, 3.05) is 0 Å². The molecule has 2 aliphatic carbocycles. The molecule has 0 heteroatoms. The first-order valence-corrected chi connectivity index (χ1v) is 16.2. The molecule has 33 heavy (non-hydrogen) atoms. The average Bonchev–Trinajstić information content (AvgIpc) is 2.79. The molecule has 0 heterocycles. The Labute approximate surface area is 210 Å². The Hall–Kier alpha value is 0. The minimum atomic E-state index is 0.634. The molecule has 0 radical (unpaired) electrons. The zero-order chi connectivity index (χ0) is 23.5. The average molecular weight is 461 g/mol. The molecule has 2 aliphatic rings. The second-order valence-electron chi connectivity index (χ2n) is 13.1. The molecular weight excluding hydrogens is 396 g/mol. The highest BCUT2D eigenvalue weighted by molar-refractivity contribution is 4.80. The van der Waals surface area contributed by atoms with Gasteiger partial charge < -0.3 is 0 Å². The number of rotatable bonds is 2. The maximum absolute atomic E-state index is 2.69. The van der Waals surface area contributed by atoms with E-state index in [1.54, 1.807) is 6.42 Å². The summed E-state index contributed by atoms with van der Waals surface area (Å²) in [5, 5.41) is 0. The van der Waals surface area contributed by atoms with E-state index in [1.165, 1.54) is 173 Å². The summed E-state index contributed by atoms with van der Waals surface area (Å²) in [6, 6.07) is 0. The van der Waals surface area contributed by atoms with Gasteiger partial charge in [-0.2, -0.15) is 0 Å². The SMILES string of the molecule is CC1CCCCCC(C)(CC2CCCCCCCCCCCCCCCCCCC2)CCC1. The predicted molar refractivity (Wildman–Crippen MR) is 150 cm³/mol. The maximum Gasteiger partial charge on any atom is -0.0323 e. The second kappa shape index (κ2) is 19.2. The molecule has 196 valence electrons. The smallest absolute Gasteiger partial charge is 0.0323 e. The van der Waals surface area contributed by atoms with E-state index in [-0.39, 0.29) is 0 Å². The van der Waals surface area contributed by atoms with Gasteiger partial charge in [0.05, 0.1) is 0 Å². The number of hydrogen-bond donors (Lipinski definition) is 0. The zero-order valence-corrected chi connectivity index (χ0v) is 23.5. The largest absolute Gasteiger partial charge is 0.0625 e. The van der Waals surface area contributed by atoms with Crippen LogP contribution in [0.25, 0.3) is 0 Å². The minimum Gasteiger partial charge on any atom is -0.0625 e. The van der Waals surface area contributed by atoms with Gasteiger partial charge in [0.15, 0.2) is 0 Å². The van der Waals surface area contributed by atoms with Crippen LogP contribution in [0.1, 0.15) is 194 Å². The molecule has 0 aromatic rings. The Morgan fingerprint density at radius 3 is 1.24 bits per heavy atom. The quantitative estimate of drug-likeness (QED) is 0.384. The third kappa shape index (κ3) is 15.6. The van der Waals surface area contributed by atoms with Crippen molar-refractivity contribution in [1.82, 2.24) is 0 Å². The van der Waals surface area contributed by atoms with Crippen molar-refractivity contribution in [3.8, 4) is 0 Å². The highest BCUT2D eigenvalue weighted by atomic mass is 14.3. The van der Waals surface area contributed by atoms with Crippen LogP contribution in [-0.2, 0) is 0 Å². The van der Waals surface area contributed by atoms with Crippen LogP contribution < -0.4 is 0 Å². The molecule has 2 rings (SSSR count). The van der Waals surface area contributed by atoms with Crippen LogP contribution in [0.15, 0.2) is 0 Å².